The second kappa shape index (κ2) is 4.48. The van der Waals surface area contributed by atoms with E-state index >= 15 is 0 Å². The molecule has 82 valence electrons. The van der Waals surface area contributed by atoms with Gasteiger partial charge in [0.05, 0.1) is 11.1 Å². The molecule has 1 heterocycles. The first kappa shape index (κ1) is 11.5. The second-order valence-corrected chi connectivity index (χ2v) is 4.86. The number of benzene rings is 1. The molecule has 0 aliphatic carbocycles. The molecule has 0 fully saturated rings. The highest BCUT2D eigenvalue weighted by atomic mass is 79.9. The molecule has 2 rings (SSSR count). The van der Waals surface area contributed by atoms with Gasteiger partial charge in [-0.05, 0) is 24.6 Å². The lowest BCUT2D eigenvalue weighted by atomic mass is 10.2. The maximum absolute atomic E-state index is 9.13. The first-order chi connectivity index (χ1) is 7.69. The molecule has 0 spiro atoms. The van der Waals surface area contributed by atoms with Crippen molar-refractivity contribution in [3.63, 3.8) is 0 Å². The molecule has 0 N–H and O–H groups in total. The summed E-state index contributed by atoms with van der Waals surface area (Å²) in [6.07, 6.45) is 0.991. The molecule has 4 heteroatoms. The molecule has 2 nitrogen and oxygen atoms in total. The summed E-state index contributed by atoms with van der Waals surface area (Å²) >= 11 is 9.62. The summed E-state index contributed by atoms with van der Waals surface area (Å²) in [7, 11) is 0. The first-order valence-electron chi connectivity index (χ1n) is 5.06. The van der Waals surface area contributed by atoms with E-state index in [-0.39, 0.29) is 0 Å². The van der Waals surface area contributed by atoms with Gasteiger partial charge in [-0.15, -0.1) is 0 Å². The topological polar surface area (TPSA) is 28.7 Å². The molecular formula is C12H10BrClN2. The fourth-order valence-electron chi connectivity index (χ4n) is 1.84. The Labute approximate surface area is 108 Å². The van der Waals surface area contributed by atoms with Crippen LogP contribution in [0.15, 0.2) is 22.7 Å². The lowest BCUT2D eigenvalue weighted by Gasteiger charge is -2.04. The summed E-state index contributed by atoms with van der Waals surface area (Å²) < 4.78 is 2.95. The monoisotopic (exact) mass is 296 g/mol. The zero-order valence-corrected chi connectivity index (χ0v) is 11.1. The fourth-order valence-corrected chi connectivity index (χ4v) is 2.52. The van der Waals surface area contributed by atoms with Crippen LogP contribution in [-0.2, 0) is 6.54 Å². The molecule has 0 aliphatic rings. The summed E-state index contributed by atoms with van der Waals surface area (Å²) in [6.45, 7) is 2.92. The van der Waals surface area contributed by atoms with Gasteiger partial charge in [-0.25, -0.2) is 0 Å². The third-order valence-corrected chi connectivity index (χ3v) is 3.41. The molecule has 1 aromatic heterocycles. The van der Waals surface area contributed by atoms with Gasteiger partial charge < -0.3 is 4.57 Å². The van der Waals surface area contributed by atoms with Crippen molar-refractivity contribution in [2.75, 3.05) is 0 Å². The molecular weight excluding hydrogens is 288 g/mol. The van der Waals surface area contributed by atoms with Gasteiger partial charge >= 0.3 is 0 Å². The number of hydrogen-bond acceptors (Lipinski definition) is 1. The van der Waals surface area contributed by atoms with Crippen LogP contribution in [0.3, 0.4) is 0 Å². The smallest absolute Gasteiger partial charge is 0.128 e. The largest absolute Gasteiger partial charge is 0.330 e. The molecule has 2 aromatic rings. The normalized spacial score (nSPS) is 10.6. The minimum Gasteiger partial charge on any atom is -0.330 e. The van der Waals surface area contributed by atoms with Crippen LogP contribution < -0.4 is 0 Å². The van der Waals surface area contributed by atoms with Crippen LogP contribution in [0.25, 0.3) is 10.9 Å². The lowest BCUT2D eigenvalue weighted by molar-refractivity contribution is 0.704. The number of halogens is 2. The summed E-state index contributed by atoms with van der Waals surface area (Å²) in [5.74, 6) is 0. The average Bonchev–Trinajstić information content (AvgIpc) is 2.52. The molecule has 0 radical (unpaired) electrons. The minimum atomic E-state index is 0.539. The molecule has 0 unspecified atom stereocenters. The van der Waals surface area contributed by atoms with Gasteiger partial charge in [0.15, 0.2) is 0 Å². The first-order valence-corrected chi connectivity index (χ1v) is 6.23. The van der Waals surface area contributed by atoms with Gasteiger partial charge in [0, 0.05) is 16.4 Å². The lowest BCUT2D eigenvalue weighted by Crippen LogP contribution is -1.95. The summed E-state index contributed by atoms with van der Waals surface area (Å²) in [4.78, 5) is 0. The Morgan fingerprint density at radius 1 is 1.50 bits per heavy atom. The maximum Gasteiger partial charge on any atom is 0.128 e. The third kappa shape index (κ3) is 1.73. The van der Waals surface area contributed by atoms with E-state index in [1.165, 1.54) is 0 Å². The van der Waals surface area contributed by atoms with Crippen molar-refractivity contribution in [3.05, 3.63) is 33.4 Å². The Morgan fingerprint density at radius 3 is 2.88 bits per heavy atom. The molecule has 0 saturated carbocycles. The SMILES string of the molecule is CCCn1c(Cl)c(C#N)c2cc(Br)ccc21. The van der Waals surface area contributed by atoms with E-state index in [9.17, 15) is 0 Å². The zero-order valence-electron chi connectivity index (χ0n) is 8.80. The summed E-state index contributed by atoms with van der Waals surface area (Å²) in [5.41, 5.74) is 1.58. The molecule has 1 aromatic carbocycles. The summed E-state index contributed by atoms with van der Waals surface area (Å²) in [6, 6.07) is 8.06. The van der Waals surface area contributed by atoms with Crippen molar-refractivity contribution < 1.29 is 0 Å². The third-order valence-electron chi connectivity index (χ3n) is 2.52. The Morgan fingerprint density at radius 2 is 2.25 bits per heavy atom. The van der Waals surface area contributed by atoms with E-state index in [4.69, 9.17) is 16.9 Å². The van der Waals surface area contributed by atoms with Gasteiger partial charge in [0.2, 0.25) is 0 Å². The highest BCUT2D eigenvalue weighted by Crippen LogP contribution is 2.31. The standard InChI is InChI=1S/C12H10BrClN2/c1-2-5-16-11-4-3-8(13)6-9(11)10(7-15)12(16)14/h3-4,6H,2,5H2,1H3. The van der Waals surface area contributed by atoms with Crippen LogP contribution >= 0.6 is 27.5 Å². The van der Waals surface area contributed by atoms with Crippen LogP contribution in [0.4, 0.5) is 0 Å². The zero-order chi connectivity index (χ0) is 11.7. The fraction of sp³-hybridized carbons (Fsp3) is 0.250. The highest BCUT2D eigenvalue weighted by molar-refractivity contribution is 9.10. The minimum absolute atomic E-state index is 0.539. The van der Waals surface area contributed by atoms with E-state index in [1.807, 2.05) is 22.8 Å². The quantitative estimate of drug-likeness (QED) is 0.810. The van der Waals surface area contributed by atoms with Gasteiger partial charge in [0.1, 0.15) is 11.2 Å². The van der Waals surface area contributed by atoms with Crippen molar-refractivity contribution in [3.8, 4) is 6.07 Å². The highest BCUT2D eigenvalue weighted by Gasteiger charge is 2.14. The Balaban J connectivity index is 2.82. The number of aryl methyl sites for hydroxylation is 1. The van der Waals surface area contributed by atoms with Crippen LogP contribution in [0.2, 0.25) is 5.15 Å². The van der Waals surface area contributed by atoms with E-state index < -0.39 is 0 Å². The van der Waals surface area contributed by atoms with Gasteiger partial charge in [-0.1, -0.05) is 34.5 Å². The predicted molar refractivity (Wildman–Crippen MR) is 69.7 cm³/mol. The number of hydrogen-bond donors (Lipinski definition) is 0. The molecule has 16 heavy (non-hydrogen) atoms. The van der Waals surface area contributed by atoms with Crippen LogP contribution in [-0.4, -0.2) is 4.57 Å². The molecule has 0 amide bonds. The second-order valence-electron chi connectivity index (χ2n) is 3.59. The molecule has 0 aliphatic heterocycles. The number of rotatable bonds is 2. The van der Waals surface area contributed by atoms with E-state index in [2.05, 4.69) is 28.9 Å². The Kier molecular flexibility index (Phi) is 3.22. The number of fused-ring (bicyclic) bond motifs is 1. The average molecular weight is 298 g/mol. The summed E-state index contributed by atoms with van der Waals surface area (Å²) in [5, 5.41) is 10.6. The van der Waals surface area contributed by atoms with Crippen molar-refractivity contribution in [2.24, 2.45) is 0 Å². The van der Waals surface area contributed by atoms with Crippen molar-refractivity contribution in [2.45, 2.75) is 19.9 Å². The van der Waals surface area contributed by atoms with Crippen LogP contribution in [0.1, 0.15) is 18.9 Å². The molecule has 0 atom stereocenters. The van der Waals surface area contributed by atoms with Gasteiger partial charge in [-0.2, -0.15) is 5.26 Å². The van der Waals surface area contributed by atoms with E-state index in [0.717, 1.165) is 28.3 Å². The van der Waals surface area contributed by atoms with Crippen LogP contribution in [0.5, 0.6) is 0 Å². The number of nitriles is 1. The van der Waals surface area contributed by atoms with E-state index in [1.54, 1.807) is 0 Å². The molecule has 0 bridgehead atoms. The predicted octanol–water partition coefficient (Wildman–Crippen LogP) is 4.34. The maximum atomic E-state index is 9.13. The number of nitrogens with zero attached hydrogens (tertiary/aromatic N) is 2. The molecule has 0 saturated heterocycles. The van der Waals surface area contributed by atoms with Gasteiger partial charge in [-0.3, -0.25) is 0 Å². The van der Waals surface area contributed by atoms with Crippen LogP contribution in [0, 0.1) is 11.3 Å². The van der Waals surface area contributed by atoms with E-state index in [0.29, 0.717) is 10.7 Å². The van der Waals surface area contributed by atoms with Crippen molar-refractivity contribution in [1.29, 1.82) is 5.26 Å². The van der Waals surface area contributed by atoms with Gasteiger partial charge in [0.25, 0.3) is 0 Å². The number of aromatic nitrogens is 1. The Hall–Kier alpha value is -0.980. The Bertz CT molecular complexity index is 581. The van der Waals surface area contributed by atoms with Crippen molar-refractivity contribution >= 4 is 38.4 Å². The van der Waals surface area contributed by atoms with Crippen molar-refractivity contribution in [1.82, 2.24) is 4.57 Å².